The minimum absolute atomic E-state index is 0.128. The highest BCUT2D eigenvalue weighted by atomic mass is 35.5. The molecule has 7 nitrogen and oxygen atoms in total. The predicted molar refractivity (Wildman–Crippen MR) is 95.4 cm³/mol. The summed E-state index contributed by atoms with van der Waals surface area (Å²) in [6.45, 7) is 0.543. The number of anilines is 1. The summed E-state index contributed by atoms with van der Waals surface area (Å²) in [6.07, 6.45) is 3.96. The lowest BCUT2D eigenvalue weighted by Gasteiger charge is -2.19. The van der Waals surface area contributed by atoms with Crippen molar-refractivity contribution in [3.63, 3.8) is 0 Å². The van der Waals surface area contributed by atoms with Crippen molar-refractivity contribution in [1.29, 1.82) is 0 Å². The second kappa shape index (κ2) is 7.25. The summed E-state index contributed by atoms with van der Waals surface area (Å²) in [5.74, 6) is -0.376. The van der Waals surface area contributed by atoms with E-state index >= 15 is 0 Å². The number of hydrogen-bond donors (Lipinski definition) is 2. The van der Waals surface area contributed by atoms with Gasteiger partial charge in [0.15, 0.2) is 0 Å². The summed E-state index contributed by atoms with van der Waals surface area (Å²) in [5.41, 5.74) is 1.49. The van der Waals surface area contributed by atoms with Crippen LogP contribution in [0.25, 0.3) is 0 Å². The number of rotatable bonds is 5. The molecular weight excluding hydrogens is 342 g/mol. The largest absolute Gasteiger partial charge is 0.343 e. The molecule has 1 saturated heterocycles. The number of amides is 2. The fraction of sp³-hybridized carbons (Fsp3) is 0.353. The number of halogens is 1. The quantitative estimate of drug-likeness (QED) is 0.840. The minimum Gasteiger partial charge on any atom is -0.343 e. The Labute approximate surface area is 150 Å². The molecule has 1 aliphatic heterocycles. The van der Waals surface area contributed by atoms with Crippen LogP contribution < -0.4 is 15.5 Å². The molecule has 2 amide bonds. The van der Waals surface area contributed by atoms with Crippen molar-refractivity contribution in [2.24, 2.45) is 7.05 Å². The van der Waals surface area contributed by atoms with Crippen LogP contribution in [0.4, 0.5) is 5.69 Å². The Hall–Kier alpha value is -2.38. The molecule has 2 N–H and O–H groups in total. The Balaban J connectivity index is 1.69. The van der Waals surface area contributed by atoms with E-state index in [2.05, 4.69) is 15.7 Å². The molecule has 1 aliphatic rings. The van der Waals surface area contributed by atoms with Crippen LogP contribution in [-0.2, 0) is 16.6 Å². The lowest BCUT2D eigenvalue weighted by molar-refractivity contribution is -0.127. The summed E-state index contributed by atoms with van der Waals surface area (Å²) < 4.78 is 1.63. The van der Waals surface area contributed by atoms with E-state index in [-0.39, 0.29) is 11.8 Å². The summed E-state index contributed by atoms with van der Waals surface area (Å²) in [4.78, 5) is 26.9. The third kappa shape index (κ3) is 3.67. The van der Waals surface area contributed by atoms with E-state index in [0.717, 1.165) is 11.3 Å². The van der Waals surface area contributed by atoms with Crippen molar-refractivity contribution in [3.8, 4) is 0 Å². The fourth-order valence-corrected chi connectivity index (χ4v) is 3.19. The summed E-state index contributed by atoms with van der Waals surface area (Å²) >= 11 is 6.00. The average Bonchev–Trinajstić information content (AvgIpc) is 3.15. The zero-order chi connectivity index (χ0) is 18.0. The van der Waals surface area contributed by atoms with E-state index in [9.17, 15) is 9.59 Å². The molecule has 2 aromatic rings. The molecule has 132 valence electrons. The molecule has 8 heteroatoms. The van der Waals surface area contributed by atoms with Gasteiger partial charge in [0.05, 0.1) is 6.20 Å². The van der Waals surface area contributed by atoms with E-state index in [1.54, 1.807) is 54.3 Å². The highest BCUT2D eigenvalue weighted by molar-refractivity contribution is 6.31. The van der Waals surface area contributed by atoms with Crippen molar-refractivity contribution < 1.29 is 9.59 Å². The Kier molecular flexibility index (Phi) is 5.06. The van der Waals surface area contributed by atoms with E-state index in [1.165, 1.54) is 0 Å². The molecular formula is C17H20ClN5O2. The van der Waals surface area contributed by atoms with Gasteiger partial charge < -0.3 is 15.5 Å². The van der Waals surface area contributed by atoms with E-state index in [4.69, 9.17) is 11.6 Å². The number of aromatic nitrogens is 2. The van der Waals surface area contributed by atoms with E-state index in [1.807, 2.05) is 6.07 Å². The first-order valence-corrected chi connectivity index (χ1v) is 8.40. The predicted octanol–water partition coefficient (Wildman–Crippen LogP) is 1.26. The third-order valence-corrected chi connectivity index (χ3v) is 4.49. The fourth-order valence-electron chi connectivity index (χ4n) is 3.01. The van der Waals surface area contributed by atoms with Crippen LogP contribution in [0.1, 0.15) is 18.0 Å². The Morgan fingerprint density at radius 2 is 2.24 bits per heavy atom. The molecule has 1 fully saturated rings. The highest BCUT2D eigenvalue weighted by Crippen LogP contribution is 2.24. The van der Waals surface area contributed by atoms with Gasteiger partial charge in [-0.25, -0.2) is 0 Å². The molecule has 0 aliphatic carbocycles. The second-order valence-corrected chi connectivity index (χ2v) is 6.43. The third-order valence-electron chi connectivity index (χ3n) is 4.25. The number of benzene rings is 1. The molecule has 2 atom stereocenters. The number of likely N-dealkylation sites (N-methyl/N-ethyl adjacent to an activating group) is 1. The maximum atomic E-state index is 12.6. The zero-order valence-electron chi connectivity index (χ0n) is 14.1. The lowest BCUT2D eigenvalue weighted by atomic mass is 10.1. The lowest BCUT2D eigenvalue weighted by Crippen LogP contribution is -2.45. The molecule has 25 heavy (non-hydrogen) atoms. The first-order valence-electron chi connectivity index (χ1n) is 8.02. The van der Waals surface area contributed by atoms with Gasteiger partial charge >= 0.3 is 0 Å². The topological polar surface area (TPSA) is 79.3 Å². The van der Waals surface area contributed by atoms with E-state index < -0.39 is 12.1 Å². The monoisotopic (exact) mass is 361 g/mol. The van der Waals surface area contributed by atoms with Crippen LogP contribution in [0, 0.1) is 0 Å². The van der Waals surface area contributed by atoms with Crippen LogP contribution in [0.5, 0.6) is 0 Å². The van der Waals surface area contributed by atoms with Gasteiger partial charge in [0.2, 0.25) is 11.8 Å². The maximum absolute atomic E-state index is 12.6. The Morgan fingerprint density at radius 3 is 2.88 bits per heavy atom. The van der Waals surface area contributed by atoms with Gasteiger partial charge in [-0.15, -0.1) is 0 Å². The molecule has 0 bridgehead atoms. The van der Waals surface area contributed by atoms with Gasteiger partial charge in [-0.1, -0.05) is 17.7 Å². The number of carbonyl (C=O) groups is 2. The first kappa shape index (κ1) is 17.4. The van der Waals surface area contributed by atoms with Crippen molar-refractivity contribution in [1.82, 2.24) is 20.4 Å². The molecule has 2 heterocycles. The van der Waals surface area contributed by atoms with Crippen LogP contribution in [0.3, 0.4) is 0 Å². The van der Waals surface area contributed by atoms with Gasteiger partial charge in [-0.3, -0.25) is 14.3 Å². The SMILES string of the molecule is CNC(C(=O)NC1CCN(c2cccc(Cl)c2)C1=O)c1cnn(C)c1. The zero-order valence-corrected chi connectivity index (χ0v) is 14.8. The molecule has 2 unspecified atom stereocenters. The molecule has 0 spiro atoms. The number of carbonyl (C=O) groups excluding carboxylic acids is 2. The first-order chi connectivity index (χ1) is 12.0. The maximum Gasteiger partial charge on any atom is 0.249 e. The van der Waals surface area contributed by atoms with Crippen molar-refractivity contribution >= 4 is 29.1 Å². The molecule has 1 aromatic heterocycles. The normalized spacial score (nSPS) is 18.4. The van der Waals surface area contributed by atoms with Gasteiger partial charge in [0, 0.05) is 36.1 Å². The Morgan fingerprint density at radius 1 is 1.44 bits per heavy atom. The van der Waals surface area contributed by atoms with Gasteiger partial charge in [0.1, 0.15) is 12.1 Å². The van der Waals surface area contributed by atoms with Crippen LogP contribution in [0.2, 0.25) is 5.02 Å². The number of nitrogens with one attached hydrogen (secondary N) is 2. The molecule has 3 rings (SSSR count). The van der Waals surface area contributed by atoms with Gasteiger partial charge in [-0.2, -0.15) is 5.10 Å². The second-order valence-electron chi connectivity index (χ2n) is 5.99. The van der Waals surface area contributed by atoms with Crippen LogP contribution in [0.15, 0.2) is 36.7 Å². The summed E-state index contributed by atoms with van der Waals surface area (Å²) in [7, 11) is 3.49. The minimum atomic E-state index is -0.554. The highest BCUT2D eigenvalue weighted by Gasteiger charge is 2.35. The standard InChI is InChI=1S/C17H20ClN5O2/c1-19-15(11-9-20-22(2)10-11)16(24)21-14-6-7-23(17(14)25)13-5-3-4-12(18)8-13/h3-5,8-10,14-15,19H,6-7H2,1-2H3,(H,21,24). The summed E-state index contributed by atoms with van der Waals surface area (Å²) in [6, 6.07) is 6.04. The molecule has 1 aromatic carbocycles. The van der Waals surface area contributed by atoms with E-state index in [0.29, 0.717) is 18.0 Å². The summed E-state index contributed by atoms with van der Waals surface area (Å²) in [5, 5.41) is 10.5. The van der Waals surface area contributed by atoms with Crippen LogP contribution in [-0.4, -0.2) is 41.2 Å². The average molecular weight is 362 g/mol. The molecule has 0 radical (unpaired) electrons. The van der Waals surface area contributed by atoms with Gasteiger partial charge in [0.25, 0.3) is 0 Å². The smallest absolute Gasteiger partial charge is 0.249 e. The van der Waals surface area contributed by atoms with Crippen molar-refractivity contribution in [2.45, 2.75) is 18.5 Å². The van der Waals surface area contributed by atoms with Crippen molar-refractivity contribution in [3.05, 3.63) is 47.2 Å². The van der Waals surface area contributed by atoms with Crippen LogP contribution >= 0.6 is 11.6 Å². The Bertz CT molecular complexity index is 791. The van der Waals surface area contributed by atoms with Crippen molar-refractivity contribution in [2.75, 3.05) is 18.5 Å². The number of nitrogens with zero attached hydrogens (tertiary/aromatic N) is 3. The number of hydrogen-bond acceptors (Lipinski definition) is 4. The molecule has 0 saturated carbocycles. The number of aryl methyl sites for hydroxylation is 1. The van der Waals surface area contributed by atoms with Gasteiger partial charge in [-0.05, 0) is 31.7 Å².